The third-order valence-corrected chi connectivity index (χ3v) is 5.18. The number of hydrogen-bond donors (Lipinski definition) is 3. The number of aryl methyl sites for hydroxylation is 1. The Kier molecular flexibility index (Phi) is 4.61. The molecule has 2 heterocycles. The van der Waals surface area contributed by atoms with Gasteiger partial charge in [-0.15, -0.1) is 0 Å². The molecule has 2 aromatic carbocycles. The topological polar surface area (TPSA) is 96.9 Å². The molecule has 0 spiro atoms. The molecule has 3 atom stereocenters. The molecule has 30 heavy (non-hydrogen) atoms. The van der Waals surface area contributed by atoms with Crippen molar-refractivity contribution in [3.05, 3.63) is 59.2 Å². The van der Waals surface area contributed by atoms with E-state index in [1.54, 1.807) is 19.1 Å². The number of alkyl halides is 3. The Balaban J connectivity index is 1.84. The van der Waals surface area contributed by atoms with Crippen molar-refractivity contribution >= 4 is 11.8 Å². The second kappa shape index (κ2) is 6.91. The first-order chi connectivity index (χ1) is 14.1. The second-order valence-corrected chi connectivity index (χ2v) is 7.16. The number of urea groups is 1. The van der Waals surface area contributed by atoms with E-state index in [-0.39, 0.29) is 23.7 Å². The van der Waals surface area contributed by atoms with Crippen LogP contribution >= 0.6 is 0 Å². The summed E-state index contributed by atoms with van der Waals surface area (Å²) in [6, 6.07) is 7.42. The molecule has 1 saturated heterocycles. The van der Waals surface area contributed by atoms with Crippen LogP contribution in [0.3, 0.4) is 0 Å². The van der Waals surface area contributed by atoms with Crippen molar-refractivity contribution < 1.29 is 37.3 Å². The molecular weight excluding hydrogens is 405 g/mol. The Labute approximate surface area is 168 Å². The van der Waals surface area contributed by atoms with Gasteiger partial charge < -0.3 is 25.2 Å². The van der Waals surface area contributed by atoms with Crippen molar-refractivity contribution in [3.63, 3.8) is 0 Å². The summed E-state index contributed by atoms with van der Waals surface area (Å²) >= 11 is 0. The number of carbonyl (C=O) groups excluding carboxylic acids is 2. The average molecular weight is 422 g/mol. The summed E-state index contributed by atoms with van der Waals surface area (Å²) < 4.78 is 52.2. The number of fused-ring (bicyclic) bond motifs is 1. The van der Waals surface area contributed by atoms with Crippen molar-refractivity contribution in [1.82, 2.24) is 10.6 Å². The molecule has 0 bridgehead atoms. The Bertz CT molecular complexity index is 1010. The first-order valence-electron chi connectivity index (χ1n) is 8.98. The number of hydrogen-bond acceptors (Lipinski definition) is 5. The van der Waals surface area contributed by atoms with Gasteiger partial charge in [-0.3, -0.25) is 4.79 Å². The van der Waals surface area contributed by atoms with Gasteiger partial charge in [0.15, 0.2) is 17.3 Å². The van der Waals surface area contributed by atoms with E-state index in [4.69, 9.17) is 9.47 Å². The van der Waals surface area contributed by atoms with E-state index in [0.29, 0.717) is 5.75 Å². The van der Waals surface area contributed by atoms with Gasteiger partial charge in [0.1, 0.15) is 5.92 Å². The summed E-state index contributed by atoms with van der Waals surface area (Å²) in [5.74, 6) is -2.44. The molecule has 2 aromatic rings. The van der Waals surface area contributed by atoms with Crippen LogP contribution in [0.5, 0.6) is 11.5 Å². The molecule has 4 rings (SSSR count). The van der Waals surface area contributed by atoms with Gasteiger partial charge in [-0.05, 0) is 24.6 Å². The van der Waals surface area contributed by atoms with Crippen LogP contribution < -0.4 is 20.1 Å². The van der Waals surface area contributed by atoms with E-state index in [0.717, 1.165) is 5.56 Å². The van der Waals surface area contributed by atoms with Crippen LogP contribution in [0.25, 0.3) is 0 Å². The second-order valence-electron chi connectivity index (χ2n) is 7.16. The highest BCUT2D eigenvalue weighted by molar-refractivity contribution is 6.00. The van der Waals surface area contributed by atoms with Crippen molar-refractivity contribution in [1.29, 1.82) is 0 Å². The van der Waals surface area contributed by atoms with Gasteiger partial charge in [-0.1, -0.05) is 35.9 Å². The van der Waals surface area contributed by atoms with E-state index in [1.165, 1.54) is 35.6 Å². The minimum absolute atomic E-state index is 0.0306. The number of Topliss-reactive ketones (excluding diaryl/α,β-unsaturated/α-hetero) is 1. The SMILES string of the molecule is Cc1ccc(C(=O)[C@@H]2[C@H](c3ccc4c(c3)OCO4)NC(=O)N[C@@]2(O)C(F)(F)F)cc1. The minimum Gasteiger partial charge on any atom is -0.454 e. The van der Waals surface area contributed by atoms with Crippen LogP contribution in [0, 0.1) is 12.8 Å². The van der Waals surface area contributed by atoms with Gasteiger partial charge in [-0.25, -0.2) is 4.79 Å². The molecule has 1 fully saturated rings. The van der Waals surface area contributed by atoms with Gasteiger partial charge in [0.2, 0.25) is 12.5 Å². The zero-order valence-electron chi connectivity index (χ0n) is 15.6. The third-order valence-electron chi connectivity index (χ3n) is 5.18. The smallest absolute Gasteiger partial charge is 0.437 e. The van der Waals surface area contributed by atoms with Crippen LogP contribution in [-0.4, -0.2) is 35.6 Å². The lowest BCUT2D eigenvalue weighted by atomic mass is 9.77. The molecule has 7 nitrogen and oxygen atoms in total. The largest absolute Gasteiger partial charge is 0.454 e. The standard InChI is InChI=1S/C20H17F3N2O5/c1-10-2-4-11(5-3-10)17(26)15-16(12-6-7-13-14(8-12)30-9-29-13)24-18(27)25-19(15,28)20(21,22)23/h2-8,15-16,28H,9H2,1H3,(H2,24,25,27)/t15-,16-,19-/m0/s1. The summed E-state index contributed by atoms with van der Waals surface area (Å²) in [5, 5.41) is 14.4. The van der Waals surface area contributed by atoms with Gasteiger partial charge in [-0.2, -0.15) is 13.2 Å². The molecule has 2 aliphatic rings. The van der Waals surface area contributed by atoms with E-state index in [9.17, 15) is 27.9 Å². The van der Waals surface area contributed by atoms with Crippen molar-refractivity contribution in [2.75, 3.05) is 6.79 Å². The van der Waals surface area contributed by atoms with Crippen LogP contribution in [0.4, 0.5) is 18.0 Å². The number of carbonyl (C=O) groups is 2. The molecule has 2 amide bonds. The number of amides is 2. The third kappa shape index (κ3) is 3.22. The van der Waals surface area contributed by atoms with Gasteiger partial charge in [0.25, 0.3) is 0 Å². The van der Waals surface area contributed by atoms with Gasteiger partial charge in [0.05, 0.1) is 6.04 Å². The molecule has 0 unspecified atom stereocenters. The molecule has 2 aliphatic heterocycles. The lowest BCUT2D eigenvalue weighted by molar-refractivity contribution is -0.287. The van der Waals surface area contributed by atoms with E-state index < -0.39 is 35.7 Å². The molecular formula is C20H17F3N2O5. The highest BCUT2D eigenvalue weighted by Crippen LogP contribution is 2.45. The molecule has 0 saturated carbocycles. The van der Waals surface area contributed by atoms with E-state index >= 15 is 0 Å². The Hall–Kier alpha value is -3.27. The normalized spacial score (nSPS) is 25.4. The first kappa shape index (κ1) is 20.0. The molecule has 3 N–H and O–H groups in total. The monoisotopic (exact) mass is 422 g/mol. The zero-order chi connectivity index (χ0) is 21.7. The Morgan fingerprint density at radius 2 is 1.80 bits per heavy atom. The fourth-order valence-corrected chi connectivity index (χ4v) is 3.62. The summed E-state index contributed by atoms with van der Waals surface area (Å²) in [4.78, 5) is 25.2. The zero-order valence-corrected chi connectivity index (χ0v) is 15.6. The number of rotatable bonds is 3. The molecule has 10 heteroatoms. The highest BCUT2D eigenvalue weighted by Gasteiger charge is 2.66. The molecule has 0 aromatic heterocycles. The van der Waals surface area contributed by atoms with E-state index in [1.807, 2.05) is 0 Å². The van der Waals surface area contributed by atoms with Crippen molar-refractivity contribution in [2.45, 2.75) is 24.9 Å². The van der Waals surface area contributed by atoms with Crippen LogP contribution in [-0.2, 0) is 0 Å². The number of benzene rings is 2. The summed E-state index contributed by atoms with van der Waals surface area (Å²) in [5.41, 5.74) is -2.85. The van der Waals surface area contributed by atoms with Crippen LogP contribution in [0.1, 0.15) is 27.5 Å². The number of aliphatic hydroxyl groups is 1. The Morgan fingerprint density at radius 1 is 1.13 bits per heavy atom. The maximum Gasteiger partial charge on any atom is 0.437 e. The molecule has 158 valence electrons. The fourth-order valence-electron chi connectivity index (χ4n) is 3.62. The molecule has 0 aliphatic carbocycles. The van der Waals surface area contributed by atoms with E-state index in [2.05, 4.69) is 5.32 Å². The number of nitrogens with one attached hydrogen (secondary N) is 2. The van der Waals surface area contributed by atoms with Crippen LogP contribution in [0.2, 0.25) is 0 Å². The van der Waals surface area contributed by atoms with Gasteiger partial charge in [0, 0.05) is 5.56 Å². The molecule has 0 radical (unpaired) electrons. The number of ether oxygens (including phenoxy) is 2. The average Bonchev–Trinajstić information content (AvgIpc) is 3.14. The highest BCUT2D eigenvalue weighted by atomic mass is 19.4. The summed E-state index contributed by atoms with van der Waals surface area (Å²) in [7, 11) is 0. The quantitative estimate of drug-likeness (QED) is 0.661. The lowest BCUT2D eigenvalue weighted by Crippen LogP contribution is -2.72. The van der Waals surface area contributed by atoms with Crippen molar-refractivity contribution in [2.24, 2.45) is 5.92 Å². The van der Waals surface area contributed by atoms with Crippen molar-refractivity contribution in [3.8, 4) is 11.5 Å². The number of halogens is 3. The summed E-state index contributed by atoms with van der Waals surface area (Å²) in [6.45, 7) is 1.70. The number of ketones is 1. The summed E-state index contributed by atoms with van der Waals surface area (Å²) in [6.07, 6.45) is -5.32. The Morgan fingerprint density at radius 3 is 2.47 bits per heavy atom. The predicted octanol–water partition coefficient (Wildman–Crippen LogP) is 2.83. The maximum absolute atomic E-state index is 13.9. The van der Waals surface area contributed by atoms with Crippen LogP contribution in [0.15, 0.2) is 42.5 Å². The lowest BCUT2D eigenvalue weighted by Gasteiger charge is -2.45. The minimum atomic E-state index is -5.32. The predicted molar refractivity (Wildman–Crippen MR) is 97.0 cm³/mol. The maximum atomic E-state index is 13.9. The van der Waals surface area contributed by atoms with Gasteiger partial charge >= 0.3 is 12.2 Å². The fraction of sp³-hybridized carbons (Fsp3) is 0.300. The first-order valence-corrected chi connectivity index (χ1v) is 8.98.